The summed E-state index contributed by atoms with van der Waals surface area (Å²) in [6, 6.07) is 1.82. The molecule has 0 bridgehead atoms. The third-order valence-electron chi connectivity index (χ3n) is 3.01. The van der Waals surface area contributed by atoms with Crippen molar-refractivity contribution in [3.63, 3.8) is 0 Å². The van der Waals surface area contributed by atoms with E-state index in [0.29, 0.717) is 12.1 Å². The Kier molecular flexibility index (Phi) is 4.60. The van der Waals surface area contributed by atoms with Crippen LogP contribution in [0.1, 0.15) is 23.2 Å². The molecule has 6 heteroatoms. The molecular weight excluding hydrogens is 272 g/mol. The van der Waals surface area contributed by atoms with Gasteiger partial charge in [0.2, 0.25) is 5.91 Å². The highest BCUT2D eigenvalue weighted by Gasteiger charge is 2.24. The highest BCUT2D eigenvalue weighted by molar-refractivity contribution is 7.08. The van der Waals surface area contributed by atoms with Crippen LogP contribution >= 0.6 is 22.9 Å². The second-order valence-electron chi connectivity index (χ2n) is 4.30. The van der Waals surface area contributed by atoms with Crippen LogP contribution in [0.3, 0.4) is 0 Å². The van der Waals surface area contributed by atoms with Gasteiger partial charge in [-0.2, -0.15) is 11.3 Å². The van der Waals surface area contributed by atoms with E-state index >= 15 is 0 Å². The average molecular weight is 287 g/mol. The summed E-state index contributed by atoms with van der Waals surface area (Å²) in [7, 11) is 0. The Labute approximate surface area is 115 Å². The number of carbonyl (C=O) groups is 2. The molecule has 0 aromatic carbocycles. The van der Waals surface area contributed by atoms with Crippen molar-refractivity contribution in [1.29, 1.82) is 0 Å². The number of alkyl halides is 1. The molecule has 98 valence electrons. The molecule has 1 aliphatic rings. The van der Waals surface area contributed by atoms with Gasteiger partial charge in [0.25, 0.3) is 5.91 Å². The Morgan fingerprint density at radius 2 is 2.39 bits per heavy atom. The molecule has 1 aliphatic heterocycles. The first-order chi connectivity index (χ1) is 8.70. The molecule has 1 aromatic rings. The van der Waals surface area contributed by atoms with Crippen molar-refractivity contribution in [3.8, 4) is 0 Å². The first kappa shape index (κ1) is 13.4. The Hall–Kier alpha value is -1.07. The summed E-state index contributed by atoms with van der Waals surface area (Å²) in [4.78, 5) is 25.1. The molecule has 2 heterocycles. The smallest absolute Gasteiger partial charge is 0.252 e. The van der Waals surface area contributed by atoms with Gasteiger partial charge < -0.3 is 10.2 Å². The summed E-state index contributed by atoms with van der Waals surface area (Å²) in [5.41, 5.74) is 0.681. The molecule has 1 atom stereocenters. The second-order valence-corrected chi connectivity index (χ2v) is 5.35. The summed E-state index contributed by atoms with van der Waals surface area (Å²) >= 11 is 7.04. The van der Waals surface area contributed by atoms with Crippen molar-refractivity contribution in [1.82, 2.24) is 10.2 Å². The van der Waals surface area contributed by atoms with Gasteiger partial charge in [0.05, 0.1) is 0 Å². The van der Waals surface area contributed by atoms with Gasteiger partial charge in [0.1, 0.15) is 5.88 Å². The first-order valence-electron chi connectivity index (χ1n) is 5.87. The molecule has 1 saturated heterocycles. The molecule has 2 amide bonds. The number of amides is 2. The first-order valence-corrected chi connectivity index (χ1v) is 7.35. The minimum absolute atomic E-state index is 0.00516. The van der Waals surface area contributed by atoms with Gasteiger partial charge in [-0.1, -0.05) is 0 Å². The van der Waals surface area contributed by atoms with Crippen LogP contribution in [-0.4, -0.2) is 41.7 Å². The highest BCUT2D eigenvalue weighted by atomic mass is 35.5. The van der Waals surface area contributed by atoms with Crippen molar-refractivity contribution >= 4 is 34.8 Å². The number of hydrogen-bond donors (Lipinski definition) is 1. The van der Waals surface area contributed by atoms with Crippen molar-refractivity contribution in [2.24, 2.45) is 0 Å². The number of nitrogens with one attached hydrogen (secondary N) is 1. The number of hydrogen-bond acceptors (Lipinski definition) is 3. The number of piperidine rings is 1. The zero-order valence-electron chi connectivity index (χ0n) is 9.89. The van der Waals surface area contributed by atoms with E-state index in [0.717, 1.165) is 19.4 Å². The topological polar surface area (TPSA) is 49.4 Å². The van der Waals surface area contributed by atoms with E-state index in [4.69, 9.17) is 11.6 Å². The van der Waals surface area contributed by atoms with Gasteiger partial charge in [-0.25, -0.2) is 0 Å². The fourth-order valence-corrected chi connectivity index (χ4v) is 2.87. The van der Waals surface area contributed by atoms with Crippen LogP contribution in [0.15, 0.2) is 16.8 Å². The van der Waals surface area contributed by atoms with Gasteiger partial charge >= 0.3 is 0 Å². The Morgan fingerprint density at radius 1 is 1.56 bits per heavy atom. The van der Waals surface area contributed by atoms with Gasteiger partial charge in [-0.05, 0) is 24.3 Å². The number of halogens is 1. The molecule has 0 saturated carbocycles. The maximum Gasteiger partial charge on any atom is 0.252 e. The third-order valence-corrected chi connectivity index (χ3v) is 3.92. The van der Waals surface area contributed by atoms with Gasteiger partial charge in [-0.15, -0.1) is 11.6 Å². The minimum Gasteiger partial charge on any atom is -0.347 e. The largest absolute Gasteiger partial charge is 0.347 e. The summed E-state index contributed by atoms with van der Waals surface area (Å²) in [5, 5.41) is 6.65. The predicted molar refractivity (Wildman–Crippen MR) is 72.1 cm³/mol. The third kappa shape index (κ3) is 3.23. The zero-order chi connectivity index (χ0) is 13.0. The van der Waals surface area contributed by atoms with Crippen LogP contribution in [0.25, 0.3) is 0 Å². The van der Waals surface area contributed by atoms with Crippen LogP contribution in [0.2, 0.25) is 0 Å². The van der Waals surface area contributed by atoms with Crippen LogP contribution in [0, 0.1) is 0 Å². The van der Waals surface area contributed by atoms with Crippen molar-refractivity contribution in [2.45, 2.75) is 18.9 Å². The number of likely N-dealkylation sites (tertiary alicyclic amines) is 1. The van der Waals surface area contributed by atoms with E-state index in [-0.39, 0.29) is 23.7 Å². The lowest BCUT2D eigenvalue weighted by Gasteiger charge is -2.32. The van der Waals surface area contributed by atoms with E-state index in [1.807, 2.05) is 10.8 Å². The Morgan fingerprint density at radius 3 is 3.06 bits per heavy atom. The Balaban J connectivity index is 1.90. The molecule has 2 rings (SSSR count). The van der Waals surface area contributed by atoms with E-state index in [9.17, 15) is 9.59 Å². The molecule has 0 aliphatic carbocycles. The fraction of sp³-hybridized carbons (Fsp3) is 0.500. The molecule has 1 fully saturated rings. The standard InChI is InChI=1S/C12H15ClN2O2S/c13-6-11(16)15-4-1-2-10(7-15)14-12(17)9-3-5-18-8-9/h3,5,8,10H,1-2,4,6-7H2,(H,14,17). The maximum absolute atomic E-state index is 11.9. The lowest BCUT2D eigenvalue weighted by Crippen LogP contribution is -2.49. The van der Waals surface area contributed by atoms with Crippen molar-refractivity contribution in [3.05, 3.63) is 22.4 Å². The molecular formula is C12H15ClN2O2S. The molecule has 4 nitrogen and oxygen atoms in total. The van der Waals surface area contributed by atoms with E-state index < -0.39 is 0 Å². The van der Waals surface area contributed by atoms with Gasteiger partial charge in [0, 0.05) is 30.1 Å². The lowest BCUT2D eigenvalue weighted by atomic mass is 10.1. The van der Waals surface area contributed by atoms with E-state index in [1.165, 1.54) is 11.3 Å². The van der Waals surface area contributed by atoms with Crippen LogP contribution in [-0.2, 0) is 4.79 Å². The minimum atomic E-state index is -0.0681. The zero-order valence-corrected chi connectivity index (χ0v) is 11.5. The van der Waals surface area contributed by atoms with E-state index in [2.05, 4.69) is 5.32 Å². The maximum atomic E-state index is 11.9. The number of thiophene rings is 1. The van der Waals surface area contributed by atoms with Gasteiger partial charge in [-0.3, -0.25) is 9.59 Å². The summed E-state index contributed by atoms with van der Waals surface area (Å²) in [6.07, 6.45) is 1.80. The van der Waals surface area contributed by atoms with E-state index in [1.54, 1.807) is 11.0 Å². The Bertz CT molecular complexity index is 422. The number of rotatable bonds is 3. The molecule has 1 unspecified atom stereocenters. The highest BCUT2D eigenvalue weighted by Crippen LogP contribution is 2.12. The number of nitrogens with zero attached hydrogens (tertiary/aromatic N) is 1. The lowest BCUT2D eigenvalue weighted by molar-refractivity contribution is -0.129. The van der Waals surface area contributed by atoms with Crippen LogP contribution in [0.5, 0.6) is 0 Å². The fourth-order valence-electron chi connectivity index (χ4n) is 2.07. The predicted octanol–water partition coefficient (Wildman–Crippen LogP) is 1.71. The monoisotopic (exact) mass is 286 g/mol. The van der Waals surface area contributed by atoms with Crippen LogP contribution < -0.4 is 5.32 Å². The summed E-state index contributed by atoms with van der Waals surface area (Å²) in [5.74, 6) is -0.127. The molecule has 0 radical (unpaired) electrons. The van der Waals surface area contributed by atoms with Gasteiger partial charge in [0.15, 0.2) is 0 Å². The number of carbonyl (C=O) groups excluding carboxylic acids is 2. The molecule has 18 heavy (non-hydrogen) atoms. The normalized spacial score (nSPS) is 19.6. The molecule has 1 N–H and O–H groups in total. The van der Waals surface area contributed by atoms with Crippen LogP contribution in [0.4, 0.5) is 0 Å². The quantitative estimate of drug-likeness (QED) is 0.860. The van der Waals surface area contributed by atoms with Crippen molar-refractivity contribution in [2.75, 3.05) is 19.0 Å². The summed E-state index contributed by atoms with van der Waals surface area (Å²) in [6.45, 7) is 1.29. The second kappa shape index (κ2) is 6.20. The van der Waals surface area contributed by atoms with Crippen molar-refractivity contribution < 1.29 is 9.59 Å². The average Bonchev–Trinajstić information content (AvgIpc) is 2.92. The molecule has 1 aromatic heterocycles. The SMILES string of the molecule is O=C(NC1CCCN(C(=O)CCl)C1)c1ccsc1. The molecule has 0 spiro atoms. The summed E-state index contributed by atoms with van der Waals surface area (Å²) < 4.78 is 0.